The van der Waals surface area contributed by atoms with E-state index in [9.17, 15) is 39.6 Å². The molecule has 2 fully saturated rings. The molecule has 0 radical (unpaired) electrons. The third kappa shape index (κ3) is 2.51. The van der Waals surface area contributed by atoms with E-state index in [4.69, 9.17) is 5.73 Å². The molecule has 0 bridgehead atoms. The molecule has 0 aromatic heterocycles. The number of fused-ring (bicyclic) bond motifs is 3. The fourth-order valence-electron chi connectivity index (χ4n) is 5.64. The predicted molar refractivity (Wildman–Crippen MR) is 109 cm³/mol. The van der Waals surface area contributed by atoms with Gasteiger partial charge in [0, 0.05) is 17.4 Å². The minimum atomic E-state index is -2.82. The maximum Gasteiger partial charge on any atom is 0.235 e. The van der Waals surface area contributed by atoms with E-state index in [0.29, 0.717) is 0 Å². The Labute approximate surface area is 182 Å². The maximum absolute atomic E-state index is 13.6. The lowest BCUT2D eigenvalue weighted by atomic mass is 9.52. The molecular formula is C22H24N2O8. The molecule has 1 aromatic rings. The molecule has 170 valence electrons. The molecular weight excluding hydrogens is 420 g/mol. The van der Waals surface area contributed by atoms with Crippen LogP contribution < -0.4 is 5.73 Å². The summed E-state index contributed by atoms with van der Waals surface area (Å²) >= 11 is 0. The summed E-state index contributed by atoms with van der Waals surface area (Å²) in [5, 5.41) is 44.1. The molecule has 2 saturated carbocycles. The number of ketones is 3. The van der Waals surface area contributed by atoms with Crippen molar-refractivity contribution in [1.82, 2.24) is 4.90 Å². The second kappa shape index (κ2) is 6.71. The van der Waals surface area contributed by atoms with E-state index < -0.39 is 75.3 Å². The summed E-state index contributed by atoms with van der Waals surface area (Å²) in [7, 11) is 2.99. The summed E-state index contributed by atoms with van der Waals surface area (Å²) in [4.78, 5) is 53.1. The Morgan fingerprint density at radius 1 is 1.16 bits per heavy atom. The Hall–Kier alpha value is -3.08. The lowest BCUT2D eigenvalue weighted by Gasteiger charge is -2.53. The normalized spacial score (nSPS) is 36.6. The standard InChI is InChI=1S/C22H24N2O8/c1-21(31)8-5-4-6-11(25)12(8)16(26)13-9(21)7-10-15(24(2)3)17(27)14(20(23)30)19(29)22(10,32)18(13)28/h4-6,9-10,14-15,25-26,31-32H,7H2,1-3H3,(H2,23,30). The SMILES string of the molecule is CN(C)C1C(=O)C(C(N)=O)C(=O)C2(O)C(=O)C3=C(O)c4c(O)cccc4C(C)(O)C3CC12. The fraction of sp³-hybridized carbons (Fsp3) is 0.455. The predicted octanol–water partition coefficient (Wildman–Crippen LogP) is -0.998. The lowest BCUT2D eigenvalue weighted by Crippen LogP contribution is -2.73. The van der Waals surface area contributed by atoms with E-state index in [-0.39, 0.29) is 17.5 Å². The van der Waals surface area contributed by atoms with Gasteiger partial charge in [-0.25, -0.2) is 0 Å². The zero-order chi connectivity index (χ0) is 23.9. The number of nitrogens with zero attached hydrogens (tertiary/aromatic N) is 1. The summed E-state index contributed by atoms with van der Waals surface area (Å²) in [5.41, 5.74) is 0.199. The van der Waals surface area contributed by atoms with Crippen molar-refractivity contribution in [3.05, 3.63) is 34.9 Å². The third-order valence-electron chi connectivity index (χ3n) is 7.16. The van der Waals surface area contributed by atoms with E-state index in [1.165, 1.54) is 44.1 Å². The molecule has 6 atom stereocenters. The van der Waals surface area contributed by atoms with Gasteiger partial charge >= 0.3 is 0 Å². The van der Waals surface area contributed by atoms with Crippen LogP contribution in [0.5, 0.6) is 5.75 Å². The van der Waals surface area contributed by atoms with Crippen LogP contribution in [0.25, 0.3) is 5.76 Å². The molecule has 3 aliphatic carbocycles. The van der Waals surface area contributed by atoms with Gasteiger partial charge in [-0.05, 0) is 39.1 Å². The molecule has 0 spiro atoms. The van der Waals surface area contributed by atoms with Gasteiger partial charge in [0.15, 0.2) is 23.1 Å². The second-order valence-corrected chi connectivity index (χ2v) is 9.11. The van der Waals surface area contributed by atoms with Crippen molar-refractivity contribution in [2.24, 2.45) is 23.5 Å². The van der Waals surface area contributed by atoms with Crippen molar-refractivity contribution in [2.45, 2.75) is 30.6 Å². The highest BCUT2D eigenvalue weighted by atomic mass is 16.3. The third-order valence-corrected chi connectivity index (χ3v) is 7.16. The number of primary amides is 1. The van der Waals surface area contributed by atoms with Crippen molar-refractivity contribution < 1.29 is 39.6 Å². The van der Waals surface area contributed by atoms with Gasteiger partial charge in [-0.3, -0.25) is 24.1 Å². The van der Waals surface area contributed by atoms with E-state index >= 15 is 0 Å². The van der Waals surface area contributed by atoms with Gasteiger partial charge in [-0.15, -0.1) is 0 Å². The van der Waals surface area contributed by atoms with Gasteiger partial charge in [-0.1, -0.05) is 12.1 Å². The van der Waals surface area contributed by atoms with Crippen LogP contribution in [0.2, 0.25) is 0 Å². The molecule has 0 saturated heterocycles. The van der Waals surface area contributed by atoms with Gasteiger partial charge < -0.3 is 26.2 Å². The van der Waals surface area contributed by atoms with Gasteiger partial charge in [0.25, 0.3) is 0 Å². The summed E-state index contributed by atoms with van der Waals surface area (Å²) in [6.07, 6.45) is -0.227. The highest BCUT2D eigenvalue weighted by Gasteiger charge is 2.69. The largest absolute Gasteiger partial charge is 0.507 e. The van der Waals surface area contributed by atoms with Crippen LogP contribution in [0.4, 0.5) is 0 Å². The number of aliphatic hydroxyl groups excluding tert-OH is 1. The van der Waals surface area contributed by atoms with Gasteiger partial charge in [0.2, 0.25) is 11.7 Å². The van der Waals surface area contributed by atoms with Crippen molar-refractivity contribution in [3.63, 3.8) is 0 Å². The van der Waals surface area contributed by atoms with E-state index in [1.807, 2.05) is 0 Å². The number of carbonyl (C=O) groups is 4. The molecule has 10 nitrogen and oxygen atoms in total. The fourth-order valence-corrected chi connectivity index (χ4v) is 5.64. The van der Waals surface area contributed by atoms with Crippen LogP contribution in [0.3, 0.4) is 0 Å². The number of rotatable bonds is 2. The van der Waals surface area contributed by atoms with Crippen LogP contribution >= 0.6 is 0 Å². The first kappa shape index (κ1) is 22.1. The number of benzene rings is 1. The highest BCUT2D eigenvalue weighted by Crippen LogP contribution is 2.56. The summed E-state index contributed by atoms with van der Waals surface area (Å²) in [6.45, 7) is 1.39. The zero-order valence-corrected chi connectivity index (χ0v) is 17.7. The van der Waals surface area contributed by atoms with Gasteiger partial charge in [0.05, 0.1) is 17.2 Å². The number of nitrogens with two attached hydrogens (primary N) is 1. The smallest absolute Gasteiger partial charge is 0.235 e. The average Bonchev–Trinajstić information content (AvgIpc) is 2.68. The Bertz CT molecular complexity index is 1120. The Morgan fingerprint density at radius 3 is 2.34 bits per heavy atom. The highest BCUT2D eigenvalue weighted by molar-refractivity contribution is 6.32. The Kier molecular flexibility index (Phi) is 4.64. The number of carbonyl (C=O) groups excluding carboxylic acids is 4. The number of phenols is 1. The monoisotopic (exact) mass is 444 g/mol. The number of aromatic hydroxyl groups is 1. The molecule has 1 amide bonds. The van der Waals surface area contributed by atoms with E-state index in [0.717, 1.165) is 0 Å². The molecule has 6 unspecified atom stereocenters. The molecule has 32 heavy (non-hydrogen) atoms. The number of aliphatic hydroxyl groups is 3. The second-order valence-electron chi connectivity index (χ2n) is 9.11. The molecule has 1 aromatic carbocycles. The van der Waals surface area contributed by atoms with Crippen LogP contribution in [0.15, 0.2) is 23.8 Å². The zero-order valence-electron chi connectivity index (χ0n) is 17.7. The van der Waals surface area contributed by atoms with Gasteiger partial charge in [-0.2, -0.15) is 0 Å². The average molecular weight is 444 g/mol. The first-order chi connectivity index (χ1) is 14.8. The first-order valence-electron chi connectivity index (χ1n) is 10.1. The number of hydrogen-bond acceptors (Lipinski definition) is 9. The van der Waals surface area contributed by atoms with E-state index in [1.54, 1.807) is 0 Å². The summed E-state index contributed by atoms with van der Waals surface area (Å²) < 4.78 is 0. The Balaban J connectivity index is 2.00. The van der Waals surface area contributed by atoms with Crippen LogP contribution in [0, 0.1) is 17.8 Å². The molecule has 0 heterocycles. The minimum absolute atomic E-state index is 0.159. The minimum Gasteiger partial charge on any atom is -0.507 e. The van der Waals surface area contributed by atoms with Crippen molar-refractivity contribution >= 4 is 29.0 Å². The Morgan fingerprint density at radius 2 is 1.78 bits per heavy atom. The van der Waals surface area contributed by atoms with Crippen LogP contribution in [-0.4, -0.2) is 74.3 Å². The van der Waals surface area contributed by atoms with Crippen LogP contribution in [0.1, 0.15) is 24.5 Å². The van der Waals surface area contributed by atoms with E-state index in [2.05, 4.69) is 0 Å². The number of amides is 1. The first-order valence-corrected chi connectivity index (χ1v) is 10.1. The molecule has 0 aliphatic heterocycles. The number of Topliss-reactive ketones (excluding diaryl/α,β-unsaturated/α-hetero) is 3. The topological polar surface area (TPSA) is 178 Å². The van der Waals surface area contributed by atoms with Crippen LogP contribution in [-0.2, 0) is 24.8 Å². The van der Waals surface area contributed by atoms with Gasteiger partial charge in [0.1, 0.15) is 11.5 Å². The molecule has 10 heteroatoms. The lowest BCUT2D eigenvalue weighted by molar-refractivity contribution is -0.179. The summed E-state index contributed by atoms with van der Waals surface area (Å²) in [5.74, 6) is -10.2. The molecule has 4 rings (SSSR count). The summed E-state index contributed by atoms with van der Waals surface area (Å²) in [6, 6.07) is 2.99. The maximum atomic E-state index is 13.6. The quantitative estimate of drug-likeness (QED) is 0.358. The number of hydrogen-bond donors (Lipinski definition) is 5. The molecule has 6 N–H and O–H groups in total. The van der Waals surface area contributed by atoms with Crippen molar-refractivity contribution in [2.75, 3.05) is 14.1 Å². The van der Waals surface area contributed by atoms with Crippen molar-refractivity contribution in [1.29, 1.82) is 0 Å². The number of phenolic OH excluding ortho intramolecular Hbond substituents is 1. The molecule has 3 aliphatic rings. The van der Waals surface area contributed by atoms with Crippen molar-refractivity contribution in [3.8, 4) is 5.75 Å². The number of likely N-dealkylation sites (N-methyl/N-ethyl adjacent to an activating group) is 1.